The summed E-state index contributed by atoms with van der Waals surface area (Å²) in [5, 5.41) is 5.99. The molecule has 1 aromatic heterocycles. The van der Waals surface area contributed by atoms with Crippen LogP contribution in [0.25, 0.3) is 10.9 Å². The van der Waals surface area contributed by atoms with Crippen molar-refractivity contribution < 1.29 is 14.3 Å². The minimum atomic E-state index is -0.760. The fraction of sp³-hybridized carbons (Fsp3) is 0.609. The van der Waals surface area contributed by atoms with Gasteiger partial charge in [-0.05, 0) is 70.3 Å². The first-order chi connectivity index (χ1) is 14.5. The van der Waals surface area contributed by atoms with Crippen molar-refractivity contribution in [2.75, 3.05) is 33.3 Å². The van der Waals surface area contributed by atoms with Gasteiger partial charge in [-0.15, -0.1) is 0 Å². The number of hydrogen-bond acceptors (Lipinski definition) is 5. The van der Waals surface area contributed by atoms with Gasteiger partial charge in [0.2, 0.25) is 0 Å². The van der Waals surface area contributed by atoms with Gasteiger partial charge in [-0.25, -0.2) is 4.79 Å². The Morgan fingerprint density at radius 1 is 1.17 bits per heavy atom. The van der Waals surface area contributed by atoms with Gasteiger partial charge in [0.05, 0.1) is 24.2 Å². The summed E-state index contributed by atoms with van der Waals surface area (Å²) in [5.74, 6) is -0.929. The number of nitrogens with zero attached hydrogens (tertiary/aromatic N) is 4. The van der Waals surface area contributed by atoms with Gasteiger partial charge < -0.3 is 14.5 Å². The molecule has 7 nitrogen and oxygen atoms in total. The highest BCUT2D eigenvalue weighted by molar-refractivity contribution is 6.32. The minimum absolute atomic E-state index is 0.115. The molecule has 30 heavy (non-hydrogen) atoms. The van der Waals surface area contributed by atoms with E-state index in [1.165, 1.54) is 0 Å². The molecule has 0 unspecified atom stereocenters. The molecule has 2 saturated heterocycles. The summed E-state index contributed by atoms with van der Waals surface area (Å²) < 4.78 is 7.09. The Hall–Kier alpha value is -2.41. The van der Waals surface area contributed by atoms with Crippen LogP contribution in [0, 0.1) is 5.92 Å². The standard InChI is InChI=1S/C23H32N4O3/c1-4-30-23(29)22(28)26-14-16(2)5-8-21(26)17-6-7-18-15-27(24-20(18)13-17)19-9-11-25(3)12-10-19/h6-7,13,15-16,19,21H,4-5,8-12,14H2,1-3H3/t16-,21+/m1/s1. The van der Waals surface area contributed by atoms with E-state index in [2.05, 4.69) is 47.9 Å². The van der Waals surface area contributed by atoms with Crippen molar-refractivity contribution in [1.82, 2.24) is 19.6 Å². The van der Waals surface area contributed by atoms with Gasteiger partial charge in [-0.2, -0.15) is 5.10 Å². The molecule has 1 aromatic carbocycles. The normalized spacial score (nSPS) is 23.6. The van der Waals surface area contributed by atoms with Crippen LogP contribution in [-0.2, 0) is 14.3 Å². The molecule has 7 heteroatoms. The number of aromatic nitrogens is 2. The number of hydrogen-bond donors (Lipinski definition) is 0. The predicted molar refractivity (Wildman–Crippen MR) is 115 cm³/mol. The van der Waals surface area contributed by atoms with Crippen LogP contribution in [0.3, 0.4) is 0 Å². The van der Waals surface area contributed by atoms with E-state index in [0.29, 0.717) is 18.5 Å². The first kappa shape index (κ1) is 20.8. The molecule has 1 amide bonds. The van der Waals surface area contributed by atoms with E-state index in [9.17, 15) is 9.59 Å². The summed E-state index contributed by atoms with van der Waals surface area (Å²) in [6.45, 7) is 6.81. The Kier molecular flexibility index (Phi) is 6.09. The molecule has 2 atom stereocenters. The van der Waals surface area contributed by atoms with Gasteiger partial charge >= 0.3 is 11.9 Å². The molecule has 0 N–H and O–H groups in total. The van der Waals surface area contributed by atoms with Gasteiger partial charge in [-0.3, -0.25) is 9.48 Å². The number of ether oxygens (including phenoxy) is 1. The summed E-state index contributed by atoms with van der Waals surface area (Å²) in [6.07, 6.45) is 6.23. The number of benzene rings is 1. The van der Waals surface area contributed by atoms with Gasteiger partial charge in [-0.1, -0.05) is 19.1 Å². The Bertz CT molecular complexity index is 916. The van der Waals surface area contributed by atoms with Crippen molar-refractivity contribution in [2.24, 2.45) is 5.92 Å². The number of esters is 1. The molecule has 2 aliphatic heterocycles. The summed E-state index contributed by atoms with van der Waals surface area (Å²) in [5.41, 5.74) is 1.99. The largest absolute Gasteiger partial charge is 0.459 e. The number of rotatable bonds is 3. The lowest BCUT2D eigenvalue weighted by Gasteiger charge is -2.38. The van der Waals surface area contributed by atoms with Crippen LogP contribution < -0.4 is 0 Å². The van der Waals surface area contributed by atoms with Gasteiger partial charge in [0.25, 0.3) is 0 Å². The van der Waals surface area contributed by atoms with Crippen LogP contribution in [0.1, 0.15) is 57.2 Å². The maximum Gasteiger partial charge on any atom is 0.397 e. The molecule has 0 spiro atoms. The Morgan fingerprint density at radius 2 is 1.93 bits per heavy atom. The second kappa shape index (κ2) is 8.76. The molecular weight excluding hydrogens is 380 g/mol. The minimum Gasteiger partial charge on any atom is -0.459 e. The van der Waals surface area contributed by atoms with Crippen LogP contribution in [0.15, 0.2) is 24.4 Å². The van der Waals surface area contributed by atoms with Crippen LogP contribution in [0.4, 0.5) is 0 Å². The first-order valence-corrected chi connectivity index (χ1v) is 11.1. The van der Waals surface area contributed by atoms with Crippen LogP contribution in [-0.4, -0.2) is 64.7 Å². The Balaban J connectivity index is 1.59. The van der Waals surface area contributed by atoms with Gasteiger partial charge in [0.1, 0.15) is 0 Å². The molecule has 0 aliphatic carbocycles. The smallest absolute Gasteiger partial charge is 0.397 e. The predicted octanol–water partition coefficient (Wildman–Crippen LogP) is 3.17. The number of amides is 1. The van der Waals surface area contributed by atoms with E-state index >= 15 is 0 Å². The summed E-state index contributed by atoms with van der Waals surface area (Å²) >= 11 is 0. The molecule has 162 valence electrons. The van der Waals surface area contributed by atoms with Crippen molar-refractivity contribution in [3.05, 3.63) is 30.0 Å². The summed E-state index contributed by atoms with van der Waals surface area (Å²) in [6, 6.07) is 6.58. The second-order valence-corrected chi connectivity index (χ2v) is 8.84. The fourth-order valence-corrected chi connectivity index (χ4v) is 4.74. The van der Waals surface area contributed by atoms with E-state index in [4.69, 9.17) is 9.84 Å². The number of carbonyl (C=O) groups excluding carboxylic acids is 2. The lowest BCUT2D eigenvalue weighted by molar-refractivity contribution is -0.162. The van der Waals surface area contributed by atoms with E-state index in [1.54, 1.807) is 11.8 Å². The molecule has 0 bridgehead atoms. The van der Waals surface area contributed by atoms with Gasteiger partial charge in [0, 0.05) is 18.1 Å². The molecule has 2 fully saturated rings. The lowest BCUT2D eigenvalue weighted by Crippen LogP contribution is -2.45. The fourth-order valence-electron chi connectivity index (χ4n) is 4.74. The third-order valence-electron chi connectivity index (χ3n) is 6.52. The molecule has 0 saturated carbocycles. The van der Waals surface area contributed by atoms with Crippen LogP contribution >= 0.6 is 0 Å². The maximum atomic E-state index is 12.7. The number of carbonyl (C=O) groups is 2. The lowest BCUT2D eigenvalue weighted by atomic mass is 9.89. The zero-order valence-corrected chi connectivity index (χ0v) is 18.2. The molecule has 2 aliphatic rings. The monoisotopic (exact) mass is 412 g/mol. The average Bonchev–Trinajstić information content (AvgIpc) is 3.17. The topological polar surface area (TPSA) is 67.7 Å². The highest BCUT2D eigenvalue weighted by atomic mass is 16.5. The SMILES string of the molecule is CCOC(=O)C(=O)N1C[C@H](C)CC[C@H]1c1ccc2cn(C3CCN(C)CC3)nc2c1. The van der Waals surface area contributed by atoms with E-state index in [-0.39, 0.29) is 12.6 Å². The third kappa shape index (κ3) is 4.21. The van der Waals surface area contributed by atoms with Crippen molar-refractivity contribution >= 4 is 22.8 Å². The van der Waals surface area contributed by atoms with Crippen molar-refractivity contribution in [1.29, 1.82) is 0 Å². The van der Waals surface area contributed by atoms with Gasteiger partial charge in [0.15, 0.2) is 0 Å². The molecule has 3 heterocycles. The van der Waals surface area contributed by atoms with E-state index in [0.717, 1.165) is 55.2 Å². The average molecular weight is 413 g/mol. The molecule has 0 radical (unpaired) electrons. The first-order valence-electron chi connectivity index (χ1n) is 11.1. The second-order valence-electron chi connectivity index (χ2n) is 8.84. The quantitative estimate of drug-likeness (QED) is 0.572. The molecule has 4 rings (SSSR count). The number of fused-ring (bicyclic) bond motifs is 1. The van der Waals surface area contributed by atoms with Crippen LogP contribution in [0.2, 0.25) is 0 Å². The Labute approximate surface area is 178 Å². The highest BCUT2D eigenvalue weighted by Gasteiger charge is 2.35. The highest BCUT2D eigenvalue weighted by Crippen LogP contribution is 2.35. The van der Waals surface area contributed by atoms with E-state index in [1.807, 2.05) is 0 Å². The molecule has 2 aromatic rings. The zero-order valence-electron chi connectivity index (χ0n) is 18.2. The summed E-state index contributed by atoms with van der Waals surface area (Å²) in [7, 11) is 2.16. The van der Waals surface area contributed by atoms with Crippen LogP contribution in [0.5, 0.6) is 0 Å². The van der Waals surface area contributed by atoms with Crippen molar-refractivity contribution in [2.45, 2.75) is 51.6 Å². The van der Waals surface area contributed by atoms with Crippen molar-refractivity contribution in [3.8, 4) is 0 Å². The summed E-state index contributed by atoms with van der Waals surface area (Å²) in [4.78, 5) is 28.9. The molecular formula is C23H32N4O3. The third-order valence-corrected chi connectivity index (χ3v) is 6.52. The maximum absolute atomic E-state index is 12.7. The van der Waals surface area contributed by atoms with E-state index < -0.39 is 11.9 Å². The number of piperidine rings is 2. The zero-order chi connectivity index (χ0) is 21.3. The Morgan fingerprint density at radius 3 is 2.67 bits per heavy atom. The van der Waals surface area contributed by atoms with Crippen molar-refractivity contribution in [3.63, 3.8) is 0 Å². The number of likely N-dealkylation sites (tertiary alicyclic amines) is 2.